The van der Waals surface area contributed by atoms with Gasteiger partial charge in [0.1, 0.15) is 3.70 Å². The van der Waals surface area contributed by atoms with E-state index < -0.39 is 0 Å². The van der Waals surface area contributed by atoms with Gasteiger partial charge >= 0.3 is 0 Å². The summed E-state index contributed by atoms with van der Waals surface area (Å²) in [5, 5.41) is 0. The fourth-order valence-corrected chi connectivity index (χ4v) is 3.19. The van der Waals surface area contributed by atoms with E-state index in [1.807, 2.05) is 0 Å². The van der Waals surface area contributed by atoms with Crippen molar-refractivity contribution in [3.8, 4) is 0 Å². The molecule has 0 saturated carbocycles. The van der Waals surface area contributed by atoms with Gasteiger partial charge in [-0.3, -0.25) is 0 Å². The Morgan fingerprint density at radius 2 is 1.88 bits per heavy atom. The van der Waals surface area contributed by atoms with Crippen LogP contribution in [-0.4, -0.2) is 3.72 Å². The molecular weight excluding hydrogens is 443 g/mol. The predicted octanol–water partition coefficient (Wildman–Crippen LogP) is 3.26. The second-order valence-electron chi connectivity index (χ2n) is 1.36. The summed E-state index contributed by atoms with van der Waals surface area (Å²) in [6.07, 6.45) is 1.05. The molecular formula is C4H2I3N. The maximum absolute atomic E-state index is 4.23. The maximum atomic E-state index is 4.23. The molecule has 0 spiro atoms. The van der Waals surface area contributed by atoms with Crippen molar-refractivity contribution in [2.45, 2.75) is 6.42 Å². The first-order chi connectivity index (χ1) is 3.70. The van der Waals surface area contributed by atoms with Gasteiger partial charge in [-0.25, -0.2) is 4.99 Å². The molecule has 8 heavy (non-hydrogen) atoms. The maximum Gasteiger partial charge on any atom is 0.111 e. The second-order valence-corrected chi connectivity index (χ2v) is 4.93. The Kier molecular flexibility index (Phi) is 3.01. The summed E-state index contributed by atoms with van der Waals surface area (Å²) in [5.41, 5.74) is 0. The fourth-order valence-electron chi connectivity index (χ4n) is 0.408. The van der Waals surface area contributed by atoms with Crippen LogP contribution in [-0.2, 0) is 0 Å². The number of rotatable bonds is 0. The molecule has 0 unspecified atom stereocenters. The van der Waals surface area contributed by atoms with Crippen molar-refractivity contribution in [3.05, 3.63) is 7.28 Å². The van der Waals surface area contributed by atoms with Crippen LogP contribution in [0.15, 0.2) is 12.3 Å². The lowest BCUT2D eigenvalue weighted by Gasteiger charge is -1.82. The molecule has 0 fully saturated rings. The molecule has 0 aliphatic carbocycles. The molecule has 0 atom stereocenters. The summed E-state index contributed by atoms with van der Waals surface area (Å²) >= 11 is 6.84. The van der Waals surface area contributed by atoms with Crippen molar-refractivity contribution in [2.24, 2.45) is 4.99 Å². The lowest BCUT2D eigenvalue weighted by atomic mass is 10.5. The van der Waals surface area contributed by atoms with Crippen LogP contribution in [0.4, 0.5) is 0 Å². The molecule has 44 valence electrons. The van der Waals surface area contributed by atoms with Gasteiger partial charge in [0.25, 0.3) is 0 Å². The largest absolute Gasteiger partial charge is 0.239 e. The van der Waals surface area contributed by atoms with Crippen LogP contribution in [0, 0.1) is 0 Å². The number of allylic oxidation sites excluding steroid dienone is 1. The average Bonchev–Trinajstić information content (AvgIpc) is 1.85. The Morgan fingerprint density at radius 3 is 2.00 bits per heavy atom. The summed E-state index contributed by atoms with van der Waals surface area (Å²) < 4.78 is 3.73. The van der Waals surface area contributed by atoms with E-state index in [0.717, 1.165) is 10.1 Å². The number of nitrogens with zero attached hydrogens (tertiary/aromatic N) is 1. The SMILES string of the molecule is IC1=NC(I)=C(I)C1. The molecule has 0 N–H and O–H groups in total. The van der Waals surface area contributed by atoms with E-state index in [-0.39, 0.29) is 0 Å². The zero-order valence-corrected chi connectivity index (χ0v) is 10.3. The number of halogens is 3. The van der Waals surface area contributed by atoms with Gasteiger partial charge in [0.15, 0.2) is 0 Å². The molecule has 0 bridgehead atoms. The molecule has 0 amide bonds. The van der Waals surface area contributed by atoms with Crippen molar-refractivity contribution in [1.82, 2.24) is 0 Å². The van der Waals surface area contributed by atoms with Crippen molar-refractivity contribution < 1.29 is 0 Å². The highest BCUT2D eigenvalue weighted by molar-refractivity contribution is 14.1. The van der Waals surface area contributed by atoms with Crippen LogP contribution in [0.1, 0.15) is 6.42 Å². The van der Waals surface area contributed by atoms with Gasteiger partial charge in [0.05, 0.1) is 3.72 Å². The van der Waals surface area contributed by atoms with Gasteiger partial charge < -0.3 is 0 Å². The van der Waals surface area contributed by atoms with Crippen molar-refractivity contribution >= 4 is 71.5 Å². The molecule has 1 nitrogen and oxygen atoms in total. The van der Waals surface area contributed by atoms with Crippen molar-refractivity contribution in [3.63, 3.8) is 0 Å². The number of hydrogen-bond acceptors (Lipinski definition) is 1. The van der Waals surface area contributed by atoms with Crippen LogP contribution in [0.3, 0.4) is 0 Å². The Balaban J connectivity index is 2.79. The summed E-state index contributed by atoms with van der Waals surface area (Å²) in [5.74, 6) is 0. The minimum atomic E-state index is 1.05. The molecule has 0 aromatic rings. The van der Waals surface area contributed by atoms with E-state index in [2.05, 4.69) is 72.8 Å². The highest BCUT2D eigenvalue weighted by Crippen LogP contribution is 2.31. The first-order valence-electron chi connectivity index (χ1n) is 1.97. The zero-order chi connectivity index (χ0) is 6.15. The van der Waals surface area contributed by atoms with E-state index in [4.69, 9.17) is 0 Å². The average molecular weight is 445 g/mol. The molecule has 0 aromatic heterocycles. The van der Waals surface area contributed by atoms with E-state index in [9.17, 15) is 0 Å². The van der Waals surface area contributed by atoms with Gasteiger partial charge in [-0.1, -0.05) is 0 Å². The zero-order valence-electron chi connectivity index (χ0n) is 3.79. The number of aliphatic imine (C=N–C) groups is 1. The standard InChI is InChI=1S/C4H2I3N/c5-2-1-3(6)8-4(2)7/h1H2. The Bertz CT molecular complexity index is 170. The van der Waals surface area contributed by atoms with Crippen LogP contribution >= 0.6 is 67.8 Å². The summed E-state index contributed by atoms with van der Waals surface area (Å²) in [6, 6.07) is 0. The lowest BCUT2D eigenvalue weighted by Crippen LogP contribution is -1.74. The normalized spacial score (nSPS) is 19.6. The van der Waals surface area contributed by atoms with E-state index >= 15 is 0 Å². The van der Waals surface area contributed by atoms with Gasteiger partial charge in [0, 0.05) is 10.0 Å². The summed E-state index contributed by atoms with van der Waals surface area (Å²) in [7, 11) is 0. The van der Waals surface area contributed by atoms with Gasteiger partial charge in [-0.2, -0.15) is 0 Å². The summed E-state index contributed by atoms with van der Waals surface area (Å²) in [6.45, 7) is 0. The minimum absolute atomic E-state index is 1.05. The number of hydrogen-bond donors (Lipinski definition) is 0. The van der Waals surface area contributed by atoms with E-state index in [1.54, 1.807) is 0 Å². The first-order valence-corrected chi connectivity index (χ1v) is 5.21. The monoisotopic (exact) mass is 445 g/mol. The first kappa shape index (κ1) is 7.70. The quantitative estimate of drug-likeness (QED) is 0.402. The Labute approximate surface area is 88.8 Å². The molecule has 1 aliphatic heterocycles. The molecule has 4 heteroatoms. The third-order valence-electron chi connectivity index (χ3n) is 0.744. The van der Waals surface area contributed by atoms with Gasteiger partial charge in [0.2, 0.25) is 0 Å². The highest BCUT2D eigenvalue weighted by Gasteiger charge is 2.09. The van der Waals surface area contributed by atoms with Gasteiger partial charge in [-0.15, -0.1) is 0 Å². The Hall–Kier alpha value is 1.60. The smallest absolute Gasteiger partial charge is 0.111 e. The second kappa shape index (κ2) is 3.13. The Morgan fingerprint density at radius 1 is 1.25 bits per heavy atom. The molecule has 1 aliphatic rings. The minimum Gasteiger partial charge on any atom is -0.239 e. The lowest BCUT2D eigenvalue weighted by molar-refractivity contribution is 1.57. The van der Waals surface area contributed by atoms with Crippen molar-refractivity contribution in [1.29, 1.82) is 0 Å². The predicted molar refractivity (Wildman–Crippen MR) is 61.1 cm³/mol. The third kappa shape index (κ3) is 1.79. The molecule has 1 heterocycles. The molecule has 1 rings (SSSR count). The fraction of sp³-hybridized carbons (Fsp3) is 0.250. The summed E-state index contributed by atoms with van der Waals surface area (Å²) in [4.78, 5) is 4.23. The van der Waals surface area contributed by atoms with Crippen LogP contribution in [0.5, 0.6) is 0 Å². The molecule has 0 aromatic carbocycles. The third-order valence-corrected chi connectivity index (χ3v) is 4.18. The topological polar surface area (TPSA) is 12.4 Å². The molecule has 0 radical (unpaired) electrons. The van der Waals surface area contributed by atoms with E-state index in [0.29, 0.717) is 0 Å². The van der Waals surface area contributed by atoms with Crippen molar-refractivity contribution in [2.75, 3.05) is 0 Å². The van der Waals surface area contributed by atoms with Gasteiger partial charge in [-0.05, 0) is 67.8 Å². The van der Waals surface area contributed by atoms with Crippen LogP contribution < -0.4 is 0 Å². The van der Waals surface area contributed by atoms with Crippen LogP contribution in [0.2, 0.25) is 0 Å². The van der Waals surface area contributed by atoms with E-state index in [1.165, 1.54) is 7.30 Å². The van der Waals surface area contributed by atoms with Crippen LogP contribution in [0.25, 0.3) is 0 Å². The highest BCUT2D eigenvalue weighted by atomic mass is 127. The molecule has 0 saturated heterocycles.